The van der Waals surface area contributed by atoms with Gasteiger partial charge in [0, 0.05) is 0 Å². The fourth-order valence-electron chi connectivity index (χ4n) is 1.57. The van der Waals surface area contributed by atoms with E-state index in [1.54, 1.807) is 0 Å². The molecule has 246 valence electrons. The molecule has 6 nitrogen and oxygen atoms in total. The molecule has 0 aromatic heterocycles. The lowest BCUT2D eigenvalue weighted by Gasteiger charge is -2.41. The lowest BCUT2D eigenvalue weighted by molar-refractivity contribution is -0.612. The first-order valence-electron chi connectivity index (χ1n) is 8.16. The molecule has 0 aliphatic rings. The molecule has 0 rings (SSSR count). The molecule has 0 saturated carbocycles. The summed E-state index contributed by atoms with van der Waals surface area (Å²) in [6.45, 7) is 0. The van der Waals surface area contributed by atoms with Crippen molar-refractivity contribution in [1.82, 2.24) is 0 Å². The molecule has 0 aromatic rings. The SMILES string of the molecule is O=C(O)C(F)(F)OC(F)(C(F)(F)F)C(F)(F)OC(F)(OC(F)(OC(F)(F)C(F)(Cl)C(F)(F)F)C(F)(F)F)C(F)(F)F. The van der Waals surface area contributed by atoms with Gasteiger partial charge >= 0.3 is 72.1 Å². The zero-order chi connectivity index (χ0) is 33.9. The Morgan fingerprint density at radius 2 is 0.780 bits per heavy atom. The number of ether oxygens (including phenoxy) is 4. The van der Waals surface area contributed by atoms with Crippen LogP contribution in [0.4, 0.5) is 96.6 Å². The van der Waals surface area contributed by atoms with E-state index in [9.17, 15) is 101 Å². The molecule has 0 aliphatic carbocycles. The minimum Gasteiger partial charge on any atom is -0.475 e. The molecular formula is C12HClF22O6. The molecule has 29 heteroatoms. The Bertz CT molecular complexity index is 955. The van der Waals surface area contributed by atoms with Crippen molar-refractivity contribution in [3.05, 3.63) is 0 Å². The van der Waals surface area contributed by atoms with E-state index in [0.29, 0.717) is 0 Å². The number of hydrogen-bond acceptors (Lipinski definition) is 5. The standard InChI is InChI=1S/C12HClF22O6/c13-3(16,5(18,19)20)9(30,31)39-11(34,7(24,25)26)41-12(35,8(27,28)29)40-10(32,33)4(17,6(21,22)23)38-2(14,15)1(36)37/h(H,36,37). The zero-order valence-corrected chi connectivity index (χ0v) is 17.9. The molecule has 1 N–H and O–H groups in total. The van der Waals surface area contributed by atoms with Gasteiger partial charge in [0.15, 0.2) is 0 Å². The third-order valence-electron chi connectivity index (χ3n) is 3.44. The molecule has 0 amide bonds. The largest absolute Gasteiger partial charge is 0.478 e. The minimum atomic E-state index is -8.37. The Morgan fingerprint density at radius 3 is 1.02 bits per heavy atom. The number of alkyl halides is 23. The average molecular weight is 695 g/mol. The maximum Gasteiger partial charge on any atom is 0.478 e. The Balaban J connectivity index is 7.18. The molecule has 41 heavy (non-hydrogen) atoms. The fourth-order valence-corrected chi connectivity index (χ4v) is 1.61. The predicted molar refractivity (Wildman–Crippen MR) is 72.2 cm³/mol. The molecule has 4 atom stereocenters. The highest BCUT2D eigenvalue weighted by Crippen LogP contribution is 2.57. The zero-order valence-electron chi connectivity index (χ0n) is 17.2. The Morgan fingerprint density at radius 1 is 0.463 bits per heavy atom. The average Bonchev–Trinajstić information content (AvgIpc) is 2.62. The van der Waals surface area contributed by atoms with Gasteiger partial charge in [-0.1, -0.05) is 11.6 Å². The van der Waals surface area contributed by atoms with E-state index in [-0.39, 0.29) is 0 Å². The molecule has 0 aromatic carbocycles. The lowest BCUT2D eigenvalue weighted by Crippen LogP contribution is -2.67. The summed E-state index contributed by atoms with van der Waals surface area (Å²) in [5.74, 6) is -12.3. The maximum atomic E-state index is 14.1. The fraction of sp³-hybridized carbons (Fsp3) is 0.917. The van der Waals surface area contributed by atoms with Gasteiger partial charge in [0.05, 0.1) is 0 Å². The van der Waals surface area contributed by atoms with Crippen molar-refractivity contribution in [3.8, 4) is 0 Å². The van der Waals surface area contributed by atoms with Crippen LogP contribution in [0.5, 0.6) is 0 Å². The van der Waals surface area contributed by atoms with Crippen LogP contribution in [0.15, 0.2) is 0 Å². The second-order valence-corrected chi connectivity index (χ2v) is 7.02. The number of rotatable bonds is 11. The van der Waals surface area contributed by atoms with Gasteiger partial charge < -0.3 is 5.11 Å². The summed E-state index contributed by atoms with van der Waals surface area (Å²) >= 11 is 3.49. The van der Waals surface area contributed by atoms with E-state index in [1.165, 1.54) is 18.9 Å². The number of carboxylic acid groups (broad SMARTS) is 1. The molecule has 0 radical (unpaired) electrons. The van der Waals surface area contributed by atoms with Gasteiger partial charge in [-0.25, -0.2) is 23.4 Å². The molecule has 0 saturated heterocycles. The molecular weight excluding hydrogens is 694 g/mol. The molecule has 0 aliphatic heterocycles. The third kappa shape index (κ3) is 7.35. The first-order valence-corrected chi connectivity index (χ1v) is 8.54. The number of carbonyl (C=O) groups is 1. The molecule has 0 fully saturated rings. The molecule has 0 spiro atoms. The van der Waals surface area contributed by atoms with Crippen molar-refractivity contribution in [2.24, 2.45) is 0 Å². The van der Waals surface area contributed by atoms with Gasteiger partial charge in [0.1, 0.15) is 0 Å². The van der Waals surface area contributed by atoms with Gasteiger partial charge in [-0.15, -0.1) is 0 Å². The highest BCUT2D eigenvalue weighted by atomic mass is 35.5. The van der Waals surface area contributed by atoms with Crippen molar-refractivity contribution < 1.29 is 125 Å². The number of halogens is 23. The van der Waals surface area contributed by atoms with E-state index in [2.05, 4.69) is 11.6 Å². The highest BCUT2D eigenvalue weighted by molar-refractivity contribution is 6.24. The van der Waals surface area contributed by atoms with E-state index in [0.717, 1.165) is 0 Å². The van der Waals surface area contributed by atoms with Crippen LogP contribution in [0.3, 0.4) is 0 Å². The predicted octanol–water partition coefficient (Wildman–Crippen LogP) is 6.98. The van der Waals surface area contributed by atoms with Crippen LogP contribution in [0.25, 0.3) is 0 Å². The summed E-state index contributed by atoms with van der Waals surface area (Å²) in [5.41, 5.74) is 0. The smallest absolute Gasteiger partial charge is 0.475 e. The van der Waals surface area contributed by atoms with Crippen LogP contribution < -0.4 is 0 Å². The number of hydrogen-bond donors (Lipinski definition) is 1. The first-order chi connectivity index (χ1) is 17.3. The third-order valence-corrected chi connectivity index (χ3v) is 3.87. The summed E-state index contributed by atoms with van der Waals surface area (Å²) in [5, 5.41) is 0.656. The van der Waals surface area contributed by atoms with Crippen molar-refractivity contribution in [1.29, 1.82) is 0 Å². The van der Waals surface area contributed by atoms with Gasteiger partial charge in [-0.3, -0.25) is 4.74 Å². The lowest BCUT2D eigenvalue weighted by atomic mass is 10.2. The summed E-state index contributed by atoms with van der Waals surface area (Å²) in [4.78, 5) is 10.0. The monoisotopic (exact) mass is 694 g/mol. The van der Waals surface area contributed by atoms with Gasteiger partial charge in [0.25, 0.3) is 0 Å². The minimum absolute atomic E-state index is 1.26. The van der Waals surface area contributed by atoms with E-state index >= 15 is 0 Å². The van der Waals surface area contributed by atoms with Crippen LogP contribution in [-0.2, 0) is 23.7 Å². The number of carboxylic acids is 1. The van der Waals surface area contributed by atoms with Crippen LogP contribution >= 0.6 is 11.6 Å². The summed E-state index contributed by atoms with van der Waals surface area (Å²) in [6.07, 6.45) is -54.8. The van der Waals surface area contributed by atoms with Gasteiger partial charge in [0.2, 0.25) is 0 Å². The second kappa shape index (κ2) is 10.4. The maximum absolute atomic E-state index is 14.1. The van der Waals surface area contributed by atoms with Crippen LogP contribution in [0, 0.1) is 0 Å². The molecule has 0 bridgehead atoms. The highest BCUT2D eigenvalue weighted by Gasteiger charge is 2.84. The number of aliphatic carboxylic acids is 1. The topological polar surface area (TPSA) is 74.2 Å². The molecule has 4 unspecified atom stereocenters. The Kier molecular flexibility index (Phi) is 9.86. The van der Waals surface area contributed by atoms with E-state index in [1.807, 2.05) is 0 Å². The normalized spacial score (nSPS) is 21.0. The first kappa shape index (κ1) is 39.1. The summed E-state index contributed by atoms with van der Waals surface area (Å²) < 4.78 is 292. The van der Waals surface area contributed by atoms with E-state index < -0.39 is 72.1 Å². The summed E-state index contributed by atoms with van der Waals surface area (Å²) in [6, 6.07) is -16.4. The van der Waals surface area contributed by atoms with Crippen LogP contribution in [-0.4, -0.2) is 77.2 Å². The Labute approximate surface area is 210 Å². The van der Waals surface area contributed by atoms with Crippen molar-refractivity contribution in [2.45, 2.75) is 66.1 Å². The van der Waals surface area contributed by atoms with Crippen molar-refractivity contribution in [3.63, 3.8) is 0 Å². The second-order valence-electron chi connectivity index (χ2n) is 6.50. The summed E-state index contributed by atoms with van der Waals surface area (Å²) in [7, 11) is 0. The van der Waals surface area contributed by atoms with Crippen LogP contribution in [0.1, 0.15) is 0 Å². The van der Waals surface area contributed by atoms with Gasteiger partial charge in [-0.05, 0) is 0 Å². The van der Waals surface area contributed by atoms with E-state index in [4.69, 9.17) is 5.11 Å². The molecule has 0 heterocycles. The Hall–Kier alpha value is -1.94. The van der Waals surface area contributed by atoms with Crippen molar-refractivity contribution >= 4 is 17.6 Å². The van der Waals surface area contributed by atoms with Gasteiger partial charge in [-0.2, -0.15) is 92.2 Å². The van der Waals surface area contributed by atoms with Crippen molar-refractivity contribution in [2.75, 3.05) is 0 Å². The van der Waals surface area contributed by atoms with Crippen LogP contribution in [0.2, 0.25) is 0 Å². The quantitative estimate of drug-likeness (QED) is 0.143.